The summed E-state index contributed by atoms with van der Waals surface area (Å²) in [6.07, 6.45) is 79.1. The maximum Gasteiger partial charge on any atom is 0.220 e. The Balaban J connectivity index is 3.40. The summed E-state index contributed by atoms with van der Waals surface area (Å²) in [5.74, 6) is -0.0743. The molecule has 0 bridgehead atoms. The van der Waals surface area contributed by atoms with Crippen molar-refractivity contribution in [2.24, 2.45) is 0 Å². The molecule has 0 saturated heterocycles. The van der Waals surface area contributed by atoms with Gasteiger partial charge in [0.2, 0.25) is 5.91 Å². The molecule has 0 rings (SSSR count). The van der Waals surface area contributed by atoms with E-state index in [0.717, 1.165) is 64.2 Å². The molecule has 0 aromatic heterocycles. The highest BCUT2D eigenvalue weighted by atomic mass is 16.3. The van der Waals surface area contributed by atoms with Gasteiger partial charge in [-0.15, -0.1) is 0 Å². The third-order valence-corrected chi connectivity index (χ3v) is 12.1. The van der Waals surface area contributed by atoms with E-state index in [1.807, 2.05) is 6.08 Å². The lowest BCUT2D eigenvalue weighted by Gasteiger charge is -2.19. The van der Waals surface area contributed by atoms with Crippen molar-refractivity contribution in [3.8, 4) is 0 Å². The van der Waals surface area contributed by atoms with Crippen molar-refractivity contribution in [1.29, 1.82) is 0 Å². The molecule has 0 fully saturated rings. The van der Waals surface area contributed by atoms with Crippen molar-refractivity contribution < 1.29 is 15.0 Å². The Bertz CT molecular complexity index is 1130. The molecule has 4 nitrogen and oxygen atoms in total. The van der Waals surface area contributed by atoms with E-state index < -0.39 is 12.1 Å². The smallest absolute Gasteiger partial charge is 0.220 e. The molecule has 0 radical (unpaired) electrons. The Hall–Kier alpha value is -2.43. The van der Waals surface area contributed by atoms with E-state index in [2.05, 4.69) is 92.1 Å². The number of aliphatic hydroxyl groups excluding tert-OH is 2. The van der Waals surface area contributed by atoms with Crippen LogP contribution in [0.5, 0.6) is 0 Å². The van der Waals surface area contributed by atoms with Gasteiger partial charge in [-0.25, -0.2) is 0 Å². The van der Waals surface area contributed by atoms with Crippen molar-refractivity contribution in [2.75, 3.05) is 6.61 Å². The topological polar surface area (TPSA) is 69.6 Å². The molecule has 0 aliphatic carbocycles. The van der Waals surface area contributed by atoms with E-state index in [4.69, 9.17) is 0 Å². The summed E-state index contributed by atoms with van der Waals surface area (Å²) in [6.45, 7) is 4.15. The Kier molecular flexibility index (Phi) is 51.8. The fourth-order valence-electron chi connectivity index (χ4n) is 7.99. The lowest BCUT2D eigenvalue weighted by atomic mass is 10.0. The van der Waals surface area contributed by atoms with Gasteiger partial charge >= 0.3 is 0 Å². The molecule has 3 N–H and O–H groups in total. The number of unbranched alkanes of at least 4 members (excludes halogenated alkanes) is 30. The normalized spacial score (nSPS) is 13.5. The monoisotopic (exact) mass is 876 g/mol. The Labute approximate surface area is 392 Å². The first kappa shape index (κ1) is 60.6. The van der Waals surface area contributed by atoms with Gasteiger partial charge in [-0.1, -0.05) is 266 Å². The molecule has 0 aromatic carbocycles. The molecule has 0 aliphatic rings. The average molecular weight is 876 g/mol. The van der Waals surface area contributed by atoms with Gasteiger partial charge in [0.15, 0.2) is 0 Å². The third kappa shape index (κ3) is 50.4. The zero-order chi connectivity index (χ0) is 45.6. The van der Waals surface area contributed by atoms with E-state index in [1.54, 1.807) is 6.08 Å². The number of allylic oxidation sites excluding steroid dienone is 13. The fourth-order valence-corrected chi connectivity index (χ4v) is 7.99. The van der Waals surface area contributed by atoms with Crippen LogP contribution < -0.4 is 5.32 Å². The number of nitrogens with one attached hydrogen (secondary N) is 1. The van der Waals surface area contributed by atoms with Gasteiger partial charge in [-0.3, -0.25) is 4.79 Å². The first-order valence-corrected chi connectivity index (χ1v) is 27.3. The van der Waals surface area contributed by atoms with Crippen molar-refractivity contribution in [3.63, 3.8) is 0 Å². The van der Waals surface area contributed by atoms with Crippen LogP contribution in [0.2, 0.25) is 0 Å². The molecule has 0 aliphatic heterocycles. The van der Waals surface area contributed by atoms with Gasteiger partial charge in [0.1, 0.15) is 0 Å². The highest BCUT2D eigenvalue weighted by molar-refractivity contribution is 5.76. The minimum Gasteiger partial charge on any atom is -0.394 e. The van der Waals surface area contributed by atoms with Crippen LogP contribution in [0.4, 0.5) is 0 Å². The van der Waals surface area contributed by atoms with Crippen LogP contribution >= 0.6 is 0 Å². The van der Waals surface area contributed by atoms with Gasteiger partial charge in [0, 0.05) is 6.42 Å². The van der Waals surface area contributed by atoms with Crippen LogP contribution in [-0.2, 0) is 4.79 Å². The standard InChI is InChI=1S/C59H105NO3/c1-3-5-7-9-11-13-15-16-17-18-19-20-21-22-23-24-25-26-27-28-29-30-31-32-33-34-35-36-37-38-39-40-41-42-43-44-45-47-49-51-53-55-59(63)60-57(56-61)58(62)54-52-50-48-46-14-12-10-8-6-4-2/h5,7,11,13-14,16-17,19-20,22-23,46,52,54,57-58,61-62H,3-4,6,8-10,12,15,18,21,24-45,47-51,53,55-56H2,1-2H3,(H,60,63)/b7-5-,13-11-,17-16-,20-19-,23-22-,46-14+,54-52+. The predicted molar refractivity (Wildman–Crippen MR) is 280 cm³/mol. The average Bonchev–Trinajstić information content (AvgIpc) is 3.29. The lowest BCUT2D eigenvalue weighted by Crippen LogP contribution is -2.45. The van der Waals surface area contributed by atoms with Gasteiger partial charge in [0.25, 0.3) is 0 Å². The van der Waals surface area contributed by atoms with E-state index >= 15 is 0 Å². The summed E-state index contributed by atoms with van der Waals surface area (Å²) in [4.78, 5) is 12.4. The molecule has 63 heavy (non-hydrogen) atoms. The molecular weight excluding hydrogens is 771 g/mol. The first-order valence-electron chi connectivity index (χ1n) is 27.3. The van der Waals surface area contributed by atoms with Crippen molar-refractivity contribution in [1.82, 2.24) is 5.32 Å². The minimum absolute atomic E-state index is 0.0743. The van der Waals surface area contributed by atoms with Crippen LogP contribution in [0, 0.1) is 0 Å². The Morgan fingerprint density at radius 2 is 0.714 bits per heavy atom. The molecule has 4 heteroatoms. The number of hydrogen-bond donors (Lipinski definition) is 3. The van der Waals surface area contributed by atoms with E-state index in [1.165, 1.54) is 180 Å². The van der Waals surface area contributed by atoms with E-state index in [0.29, 0.717) is 6.42 Å². The van der Waals surface area contributed by atoms with Crippen LogP contribution in [0.25, 0.3) is 0 Å². The molecular formula is C59H105NO3. The SMILES string of the molecule is CC/C=C\C/C=C\C/C=C\C/C=C\C/C=C\CCCCCCCCCCCCCCCCCCCCCCCCCCCC(=O)NC(CO)C(O)/C=C/CC/C=C/CCCCCC. The number of rotatable bonds is 49. The van der Waals surface area contributed by atoms with Crippen molar-refractivity contribution >= 4 is 5.91 Å². The quantitative estimate of drug-likeness (QED) is 0.0421. The summed E-state index contributed by atoms with van der Waals surface area (Å²) in [5.41, 5.74) is 0. The summed E-state index contributed by atoms with van der Waals surface area (Å²) in [6, 6.07) is -0.638. The maximum absolute atomic E-state index is 12.4. The van der Waals surface area contributed by atoms with Crippen LogP contribution in [-0.4, -0.2) is 34.9 Å². The summed E-state index contributed by atoms with van der Waals surface area (Å²) < 4.78 is 0. The molecule has 0 aromatic rings. The first-order chi connectivity index (χ1) is 31.2. The summed E-state index contributed by atoms with van der Waals surface area (Å²) in [5, 5.41) is 22.9. The summed E-state index contributed by atoms with van der Waals surface area (Å²) in [7, 11) is 0. The largest absolute Gasteiger partial charge is 0.394 e. The lowest BCUT2D eigenvalue weighted by molar-refractivity contribution is -0.123. The predicted octanol–water partition coefficient (Wildman–Crippen LogP) is 18.0. The van der Waals surface area contributed by atoms with Gasteiger partial charge in [-0.05, 0) is 77.0 Å². The van der Waals surface area contributed by atoms with Gasteiger partial charge < -0.3 is 15.5 Å². The van der Waals surface area contributed by atoms with Crippen molar-refractivity contribution in [3.05, 3.63) is 85.1 Å². The molecule has 1 amide bonds. The molecule has 2 unspecified atom stereocenters. The zero-order valence-corrected chi connectivity index (χ0v) is 41.8. The second kappa shape index (κ2) is 53.9. The van der Waals surface area contributed by atoms with Gasteiger partial charge in [0.05, 0.1) is 18.8 Å². The molecule has 0 saturated carbocycles. The minimum atomic E-state index is -0.861. The van der Waals surface area contributed by atoms with Crippen LogP contribution in [0.3, 0.4) is 0 Å². The van der Waals surface area contributed by atoms with E-state index in [-0.39, 0.29) is 12.5 Å². The molecule has 0 heterocycles. The number of aliphatic hydroxyl groups is 2. The Morgan fingerprint density at radius 3 is 1.11 bits per heavy atom. The highest BCUT2D eigenvalue weighted by Crippen LogP contribution is 2.17. The van der Waals surface area contributed by atoms with Crippen molar-refractivity contribution in [2.45, 2.75) is 276 Å². The summed E-state index contributed by atoms with van der Waals surface area (Å²) >= 11 is 0. The zero-order valence-electron chi connectivity index (χ0n) is 41.8. The molecule has 2 atom stereocenters. The van der Waals surface area contributed by atoms with Crippen LogP contribution in [0.1, 0.15) is 264 Å². The van der Waals surface area contributed by atoms with Crippen LogP contribution in [0.15, 0.2) is 85.1 Å². The second-order valence-corrected chi connectivity index (χ2v) is 18.3. The highest BCUT2D eigenvalue weighted by Gasteiger charge is 2.17. The third-order valence-electron chi connectivity index (χ3n) is 12.1. The van der Waals surface area contributed by atoms with Gasteiger partial charge in [-0.2, -0.15) is 0 Å². The number of hydrogen-bond acceptors (Lipinski definition) is 3. The van der Waals surface area contributed by atoms with E-state index in [9.17, 15) is 15.0 Å². The second-order valence-electron chi connectivity index (χ2n) is 18.3. The molecule has 364 valence electrons. The Morgan fingerprint density at radius 1 is 0.397 bits per heavy atom. The molecule has 0 spiro atoms. The fraction of sp³-hybridized carbons (Fsp3) is 0.746. The number of amides is 1. The number of carbonyl (C=O) groups excluding carboxylic acids is 1. The maximum atomic E-state index is 12.4. The number of carbonyl (C=O) groups is 1.